The van der Waals surface area contributed by atoms with Gasteiger partial charge in [0, 0.05) is 24.7 Å². The molecule has 0 unspecified atom stereocenters. The van der Waals surface area contributed by atoms with Gasteiger partial charge in [-0.2, -0.15) is 0 Å². The molecule has 0 aliphatic rings. The van der Waals surface area contributed by atoms with Crippen LogP contribution in [0.15, 0.2) is 64.2 Å². The number of rotatable bonds is 3. The Morgan fingerprint density at radius 2 is 1.60 bits per heavy atom. The molecule has 2 aromatic carbocycles. The molecule has 0 radical (unpaired) electrons. The van der Waals surface area contributed by atoms with Crippen LogP contribution in [0.5, 0.6) is 0 Å². The third kappa shape index (κ3) is 2.61. The fourth-order valence-electron chi connectivity index (χ4n) is 3.76. The topological polar surface area (TPSA) is 79.1 Å². The highest BCUT2D eigenvalue weighted by Crippen LogP contribution is 2.26. The van der Waals surface area contributed by atoms with E-state index in [1.54, 1.807) is 28.1 Å². The van der Waals surface area contributed by atoms with Gasteiger partial charge in [0.05, 0.1) is 6.54 Å². The highest BCUT2D eigenvalue weighted by molar-refractivity contribution is 6.30. The molecule has 0 aliphatic heterocycles. The Balaban J connectivity index is 1.92. The van der Waals surface area contributed by atoms with E-state index in [-0.39, 0.29) is 5.56 Å². The van der Waals surface area contributed by atoms with E-state index in [9.17, 15) is 9.59 Å². The van der Waals surface area contributed by atoms with Gasteiger partial charge >= 0.3 is 5.69 Å². The van der Waals surface area contributed by atoms with Gasteiger partial charge in [-0.25, -0.2) is 9.20 Å². The van der Waals surface area contributed by atoms with E-state index in [1.807, 2.05) is 42.5 Å². The van der Waals surface area contributed by atoms with Crippen molar-refractivity contribution in [2.24, 2.45) is 14.1 Å². The fraction of sp³-hybridized carbons (Fsp3) is 0.143. The lowest BCUT2D eigenvalue weighted by Crippen LogP contribution is -2.37. The predicted molar refractivity (Wildman–Crippen MR) is 115 cm³/mol. The lowest BCUT2D eigenvalue weighted by molar-refractivity contribution is 0.700. The van der Waals surface area contributed by atoms with Crippen molar-refractivity contribution < 1.29 is 0 Å². The molecule has 0 spiro atoms. The van der Waals surface area contributed by atoms with Crippen LogP contribution in [0.1, 0.15) is 5.56 Å². The molecule has 30 heavy (non-hydrogen) atoms. The minimum Gasteiger partial charge on any atom is -0.298 e. The average Bonchev–Trinajstić information content (AvgIpc) is 3.31. The fourth-order valence-corrected chi connectivity index (χ4v) is 3.88. The molecule has 0 fully saturated rings. The average molecular weight is 421 g/mol. The molecule has 0 saturated carbocycles. The van der Waals surface area contributed by atoms with Crippen molar-refractivity contribution in [1.82, 2.24) is 28.3 Å². The van der Waals surface area contributed by atoms with Crippen molar-refractivity contribution in [3.8, 4) is 11.4 Å². The normalized spacial score (nSPS) is 11.6. The number of hydrogen-bond donors (Lipinski definition) is 0. The summed E-state index contributed by atoms with van der Waals surface area (Å²) in [7, 11) is 3.12. The van der Waals surface area contributed by atoms with Crippen molar-refractivity contribution in [3.05, 3.63) is 86.0 Å². The van der Waals surface area contributed by atoms with Crippen LogP contribution in [-0.4, -0.2) is 28.3 Å². The quantitative estimate of drug-likeness (QED) is 0.449. The van der Waals surface area contributed by atoms with Gasteiger partial charge in [-0.05, 0) is 29.8 Å². The summed E-state index contributed by atoms with van der Waals surface area (Å²) in [4.78, 5) is 25.8. The van der Waals surface area contributed by atoms with Crippen molar-refractivity contribution in [2.75, 3.05) is 0 Å². The van der Waals surface area contributed by atoms with Crippen molar-refractivity contribution in [1.29, 1.82) is 0 Å². The molecule has 0 saturated heterocycles. The number of hydrogen-bond acceptors (Lipinski definition) is 4. The predicted octanol–water partition coefficient (Wildman–Crippen LogP) is 2.45. The van der Waals surface area contributed by atoms with Gasteiger partial charge in [-0.1, -0.05) is 41.9 Å². The van der Waals surface area contributed by atoms with Crippen LogP contribution in [-0.2, 0) is 20.6 Å². The lowest BCUT2D eigenvalue weighted by Gasteiger charge is -2.07. The Bertz CT molecular complexity index is 1520. The monoisotopic (exact) mass is 420 g/mol. The molecule has 5 aromatic rings. The van der Waals surface area contributed by atoms with Gasteiger partial charge in [0.25, 0.3) is 5.56 Å². The zero-order valence-electron chi connectivity index (χ0n) is 16.3. The Kier molecular flexibility index (Phi) is 4.11. The maximum atomic E-state index is 13.1. The smallest absolute Gasteiger partial charge is 0.298 e. The first-order valence-electron chi connectivity index (χ1n) is 9.30. The summed E-state index contributed by atoms with van der Waals surface area (Å²) in [6.45, 7) is 0.417. The van der Waals surface area contributed by atoms with Crippen LogP contribution in [0.4, 0.5) is 0 Å². The molecule has 9 heteroatoms. The summed E-state index contributed by atoms with van der Waals surface area (Å²) in [5.41, 5.74) is 1.83. The maximum absolute atomic E-state index is 13.1. The first kappa shape index (κ1) is 18.4. The molecule has 3 aromatic heterocycles. The third-order valence-corrected chi connectivity index (χ3v) is 5.52. The molecular formula is C21H17ClN6O2. The molecule has 0 amide bonds. The Morgan fingerprint density at radius 1 is 0.900 bits per heavy atom. The summed E-state index contributed by atoms with van der Waals surface area (Å²) in [6, 6.07) is 17.0. The molecule has 8 nitrogen and oxygen atoms in total. The van der Waals surface area contributed by atoms with Gasteiger partial charge in [0.2, 0.25) is 5.78 Å². The Morgan fingerprint density at radius 3 is 2.30 bits per heavy atom. The number of aryl methyl sites for hydroxylation is 1. The summed E-state index contributed by atoms with van der Waals surface area (Å²) < 4.78 is 6.12. The number of benzene rings is 2. The number of nitrogens with zero attached hydrogens (tertiary/aromatic N) is 6. The molecule has 0 N–H and O–H groups in total. The number of halogens is 1. The van der Waals surface area contributed by atoms with E-state index < -0.39 is 5.69 Å². The van der Waals surface area contributed by atoms with Crippen LogP contribution >= 0.6 is 11.6 Å². The molecule has 0 bridgehead atoms. The minimum atomic E-state index is -0.415. The highest BCUT2D eigenvalue weighted by Gasteiger charge is 2.24. The summed E-state index contributed by atoms with van der Waals surface area (Å²) >= 11 is 6.03. The summed E-state index contributed by atoms with van der Waals surface area (Å²) in [5.74, 6) is 1.01. The lowest BCUT2D eigenvalue weighted by atomic mass is 10.2. The Labute approximate surface area is 175 Å². The Hall–Kier alpha value is -3.65. The number of fused-ring (bicyclic) bond motifs is 3. The highest BCUT2D eigenvalue weighted by atomic mass is 35.5. The van der Waals surface area contributed by atoms with Crippen molar-refractivity contribution in [2.45, 2.75) is 6.54 Å². The standard InChI is InChI=1S/C21H17ClN6O2/c1-25-18-16(19(29)26(2)21(25)30)27(12-13-6-4-3-5-7-13)20-24-23-17(28(18)20)14-8-10-15(22)11-9-14/h3-11H,12H2,1-2H3. The van der Waals surface area contributed by atoms with Crippen molar-refractivity contribution in [3.63, 3.8) is 0 Å². The van der Waals surface area contributed by atoms with E-state index in [0.29, 0.717) is 34.3 Å². The van der Waals surface area contributed by atoms with E-state index >= 15 is 0 Å². The van der Waals surface area contributed by atoms with Crippen LogP contribution in [0, 0.1) is 0 Å². The van der Waals surface area contributed by atoms with Crippen molar-refractivity contribution >= 4 is 28.5 Å². The second kappa shape index (κ2) is 6.70. The molecule has 5 rings (SSSR count). The largest absolute Gasteiger partial charge is 0.332 e. The summed E-state index contributed by atoms with van der Waals surface area (Å²) in [6.07, 6.45) is 0. The second-order valence-corrected chi connectivity index (χ2v) is 7.55. The molecular weight excluding hydrogens is 404 g/mol. The summed E-state index contributed by atoms with van der Waals surface area (Å²) in [5, 5.41) is 9.33. The van der Waals surface area contributed by atoms with Gasteiger partial charge in [-0.3, -0.25) is 18.5 Å². The molecule has 0 atom stereocenters. The zero-order valence-corrected chi connectivity index (χ0v) is 17.0. The van der Waals surface area contributed by atoms with Crippen LogP contribution in [0.25, 0.3) is 28.3 Å². The van der Waals surface area contributed by atoms with Gasteiger partial charge in [0.15, 0.2) is 17.0 Å². The molecule has 150 valence electrons. The second-order valence-electron chi connectivity index (χ2n) is 7.12. The maximum Gasteiger partial charge on any atom is 0.332 e. The minimum absolute atomic E-state index is 0.378. The molecule has 0 aliphatic carbocycles. The first-order chi connectivity index (χ1) is 14.5. The van der Waals surface area contributed by atoms with E-state index in [1.165, 1.54) is 11.6 Å². The van der Waals surface area contributed by atoms with Gasteiger partial charge in [-0.15, -0.1) is 10.2 Å². The number of imidazole rings is 1. The van der Waals surface area contributed by atoms with E-state index in [2.05, 4.69) is 10.2 Å². The zero-order chi connectivity index (χ0) is 21.0. The van der Waals surface area contributed by atoms with Crippen LogP contribution < -0.4 is 11.2 Å². The third-order valence-electron chi connectivity index (χ3n) is 5.27. The van der Waals surface area contributed by atoms with E-state index in [0.717, 1.165) is 15.7 Å². The first-order valence-corrected chi connectivity index (χ1v) is 9.68. The SMILES string of the molecule is Cn1c(=O)c2c(n(C)c1=O)n1c(-c3ccc(Cl)cc3)nnc1n2Cc1ccccc1. The van der Waals surface area contributed by atoms with Crippen LogP contribution in [0.3, 0.4) is 0 Å². The number of aromatic nitrogens is 6. The molecule has 3 heterocycles. The van der Waals surface area contributed by atoms with Gasteiger partial charge in [0.1, 0.15) is 0 Å². The van der Waals surface area contributed by atoms with E-state index in [4.69, 9.17) is 11.6 Å². The van der Waals surface area contributed by atoms with Gasteiger partial charge < -0.3 is 0 Å². The van der Waals surface area contributed by atoms with Crippen LogP contribution in [0.2, 0.25) is 5.02 Å².